The van der Waals surface area contributed by atoms with Gasteiger partial charge in [-0.1, -0.05) is 0 Å². The summed E-state index contributed by atoms with van der Waals surface area (Å²) in [5.41, 5.74) is 2.39. The topological polar surface area (TPSA) is 15.3 Å². The van der Waals surface area contributed by atoms with Crippen molar-refractivity contribution in [2.75, 3.05) is 32.5 Å². The van der Waals surface area contributed by atoms with Gasteiger partial charge < -0.3 is 10.2 Å². The van der Waals surface area contributed by atoms with Crippen LogP contribution in [0.4, 0.5) is 5.69 Å². The Hall–Kier alpha value is -0.0600. The quantitative estimate of drug-likeness (QED) is 0.811. The fraction of sp³-hybridized carbons (Fsp3) is 0.500. The Labute approximate surface area is 115 Å². The summed E-state index contributed by atoms with van der Waals surface area (Å²) in [7, 11) is 4.19. The zero-order chi connectivity index (χ0) is 12.1. The van der Waals surface area contributed by atoms with Crippen LogP contribution < -0.4 is 5.32 Å². The molecule has 0 aliphatic rings. The first-order valence-corrected chi connectivity index (χ1v) is 6.93. The molecule has 0 amide bonds. The van der Waals surface area contributed by atoms with Gasteiger partial charge in [-0.2, -0.15) is 0 Å². The number of hydrogen-bond donors (Lipinski definition) is 1. The molecule has 2 nitrogen and oxygen atoms in total. The van der Waals surface area contributed by atoms with Crippen molar-refractivity contribution in [1.82, 2.24) is 4.90 Å². The van der Waals surface area contributed by atoms with Gasteiger partial charge in [0.1, 0.15) is 0 Å². The van der Waals surface area contributed by atoms with Crippen molar-refractivity contribution >= 4 is 37.5 Å². The molecule has 1 aromatic carbocycles. The van der Waals surface area contributed by atoms with E-state index in [0.29, 0.717) is 0 Å². The van der Waals surface area contributed by atoms with E-state index in [0.717, 1.165) is 34.1 Å². The number of nitrogens with zero attached hydrogens (tertiary/aromatic N) is 1. The van der Waals surface area contributed by atoms with Gasteiger partial charge in [0, 0.05) is 15.5 Å². The van der Waals surface area contributed by atoms with E-state index in [1.165, 1.54) is 5.56 Å². The van der Waals surface area contributed by atoms with Crippen LogP contribution in [0.1, 0.15) is 12.0 Å². The lowest BCUT2D eigenvalue weighted by Crippen LogP contribution is -2.16. The van der Waals surface area contributed by atoms with Gasteiger partial charge in [-0.25, -0.2) is 0 Å². The lowest BCUT2D eigenvalue weighted by Gasteiger charge is -2.13. The van der Waals surface area contributed by atoms with Crippen LogP contribution in [-0.4, -0.2) is 32.1 Å². The maximum Gasteiger partial charge on any atom is 0.0629 e. The van der Waals surface area contributed by atoms with Gasteiger partial charge in [-0.15, -0.1) is 0 Å². The van der Waals surface area contributed by atoms with Gasteiger partial charge in [0.2, 0.25) is 0 Å². The summed E-state index contributed by atoms with van der Waals surface area (Å²) in [6, 6.07) is 4.25. The molecule has 0 fully saturated rings. The molecular formula is C12H18Br2N2. The van der Waals surface area contributed by atoms with Crippen molar-refractivity contribution in [3.05, 3.63) is 26.6 Å². The summed E-state index contributed by atoms with van der Waals surface area (Å²) >= 11 is 7.15. The minimum atomic E-state index is 0.985. The average molecular weight is 350 g/mol. The SMILES string of the molecule is Cc1cc(Br)c(NCCCN(C)C)c(Br)c1. The predicted molar refractivity (Wildman–Crippen MR) is 78.2 cm³/mol. The summed E-state index contributed by atoms with van der Waals surface area (Å²) in [6.07, 6.45) is 1.14. The largest absolute Gasteiger partial charge is 0.383 e. The van der Waals surface area contributed by atoms with Gasteiger partial charge >= 0.3 is 0 Å². The molecule has 0 aromatic heterocycles. The van der Waals surface area contributed by atoms with Crippen LogP contribution in [0.15, 0.2) is 21.1 Å². The van der Waals surface area contributed by atoms with E-state index in [-0.39, 0.29) is 0 Å². The number of nitrogens with one attached hydrogen (secondary N) is 1. The van der Waals surface area contributed by atoms with Crippen molar-refractivity contribution < 1.29 is 0 Å². The Morgan fingerprint density at radius 2 is 1.75 bits per heavy atom. The molecule has 1 N–H and O–H groups in total. The van der Waals surface area contributed by atoms with E-state index in [1.54, 1.807) is 0 Å². The summed E-state index contributed by atoms with van der Waals surface area (Å²) in [4.78, 5) is 2.20. The van der Waals surface area contributed by atoms with Crippen molar-refractivity contribution in [3.63, 3.8) is 0 Å². The first-order valence-electron chi connectivity index (χ1n) is 5.35. The Kier molecular flexibility index (Phi) is 5.79. The fourth-order valence-corrected chi connectivity index (χ4v) is 3.17. The molecule has 0 radical (unpaired) electrons. The second-order valence-corrected chi connectivity index (χ2v) is 5.90. The van der Waals surface area contributed by atoms with E-state index in [1.807, 2.05) is 0 Å². The maximum absolute atomic E-state index is 3.58. The summed E-state index contributed by atoms with van der Waals surface area (Å²) in [5.74, 6) is 0. The number of rotatable bonds is 5. The molecule has 0 bridgehead atoms. The van der Waals surface area contributed by atoms with Crippen LogP contribution >= 0.6 is 31.9 Å². The molecule has 0 saturated heterocycles. The Balaban J connectivity index is 2.54. The summed E-state index contributed by atoms with van der Waals surface area (Å²) < 4.78 is 2.23. The second kappa shape index (κ2) is 6.62. The highest BCUT2D eigenvalue weighted by Crippen LogP contribution is 2.32. The molecule has 4 heteroatoms. The van der Waals surface area contributed by atoms with Crippen LogP contribution in [0.2, 0.25) is 0 Å². The zero-order valence-corrected chi connectivity index (χ0v) is 13.2. The van der Waals surface area contributed by atoms with E-state index in [9.17, 15) is 0 Å². The maximum atomic E-state index is 3.58. The number of benzene rings is 1. The Morgan fingerprint density at radius 1 is 1.19 bits per heavy atom. The van der Waals surface area contributed by atoms with Gasteiger partial charge in [0.15, 0.2) is 0 Å². The van der Waals surface area contributed by atoms with Gasteiger partial charge in [-0.05, 0) is 83.5 Å². The number of halogens is 2. The molecule has 90 valence electrons. The highest BCUT2D eigenvalue weighted by atomic mass is 79.9. The first kappa shape index (κ1) is 14.0. The molecule has 0 aliphatic carbocycles. The normalized spacial score (nSPS) is 10.9. The summed E-state index contributed by atoms with van der Waals surface area (Å²) in [5, 5.41) is 3.44. The number of hydrogen-bond acceptors (Lipinski definition) is 2. The third-order valence-electron chi connectivity index (χ3n) is 2.27. The van der Waals surface area contributed by atoms with Crippen molar-refractivity contribution in [2.45, 2.75) is 13.3 Å². The van der Waals surface area contributed by atoms with Crippen LogP contribution in [0.5, 0.6) is 0 Å². The molecular weight excluding hydrogens is 332 g/mol. The standard InChI is InChI=1S/C12H18Br2N2/c1-9-7-10(13)12(11(14)8-9)15-5-4-6-16(2)3/h7-8,15H,4-6H2,1-3H3. The molecule has 0 spiro atoms. The lowest BCUT2D eigenvalue weighted by molar-refractivity contribution is 0.405. The molecule has 0 atom stereocenters. The van der Waals surface area contributed by atoms with Crippen molar-refractivity contribution in [1.29, 1.82) is 0 Å². The third-order valence-corrected chi connectivity index (χ3v) is 3.52. The monoisotopic (exact) mass is 348 g/mol. The van der Waals surface area contributed by atoms with E-state index < -0.39 is 0 Å². The third kappa shape index (κ3) is 4.44. The van der Waals surface area contributed by atoms with E-state index >= 15 is 0 Å². The molecule has 1 aromatic rings. The Bertz CT molecular complexity index is 328. The summed E-state index contributed by atoms with van der Waals surface area (Å²) in [6.45, 7) is 4.18. The van der Waals surface area contributed by atoms with Crippen LogP contribution in [0.25, 0.3) is 0 Å². The predicted octanol–water partition coefficient (Wildman–Crippen LogP) is 3.88. The fourth-order valence-electron chi connectivity index (χ4n) is 1.48. The van der Waals surface area contributed by atoms with E-state index in [2.05, 4.69) is 75.2 Å². The van der Waals surface area contributed by atoms with Crippen molar-refractivity contribution in [2.24, 2.45) is 0 Å². The molecule has 16 heavy (non-hydrogen) atoms. The number of aryl methyl sites for hydroxylation is 1. The minimum absolute atomic E-state index is 0.985. The second-order valence-electron chi connectivity index (χ2n) is 4.19. The van der Waals surface area contributed by atoms with Crippen LogP contribution in [0.3, 0.4) is 0 Å². The van der Waals surface area contributed by atoms with E-state index in [4.69, 9.17) is 0 Å². The first-order chi connectivity index (χ1) is 7.50. The molecule has 0 heterocycles. The van der Waals surface area contributed by atoms with Gasteiger partial charge in [0.05, 0.1) is 5.69 Å². The highest BCUT2D eigenvalue weighted by Gasteiger charge is 2.05. The van der Waals surface area contributed by atoms with Crippen LogP contribution in [-0.2, 0) is 0 Å². The zero-order valence-electron chi connectivity index (χ0n) is 9.98. The lowest BCUT2D eigenvalue weighted by atomic mass is 10.2. The minimum Gasteiger partial charge on any atom is -0.383 e. The molecule has 0 aliphatic heterocycles. The van der Waals surface area contributed by atoms with Gasteiger partial charge in [0.25, 0.3) is 0 Å². The van der Waals surface area contributed by atoms with Gasteiger partial charge in [-0.3, -0.25) is 0 Å². The molecule has 0 unspecified atom stereocenters. The van der Waals surface area contributed by atoms with Crippen molar-refractivity contribution in [3.8, 4) is 0 Å². The number of anilines is 1. The molecule has 0 saturated carbocycles. The smallest absolute Gasteiger partial charge is 0.0629 e. The van der Waals surface area contributed by atoms with Crippen LogP contribution in [0, 0.1) is 6.92 Å². The average Bonchev–Trinajstić information content (AvgIpc) is 2.14. The molecule has 1 rings (SSSR count). The Morgan fingerprint density at radius 3 is 2.25 bits per heavy atom. The highest BCUT2D eigenvalue weighted by molar-refractivity contribution is 9.11.